The fourth-order valence-electron chi connectivity index (χ4n) is 0.944. The molecule has 0 atom stereocenters. The smallest absolute Gasteiger partial charge is 0.0194 e. The van der Waals surface area contributed by atoms with Gasteiger partial charge in [-0.2, -0.15) is 0 Å². The summed E-state index contributed by atoms with van der Waals surface area (Å²) in [4.78, 5) is 0. The molecule has 1 aliphatic rings. The monoisotopic (exact) mass is 155 g/mol. The average Bonchev–Trinajstić information content (AvgIpc) is 2.14. The van der Waals surface area contributed by atoms with Gasteiger partial charge in [-0.3, -0.25) is 0 Å². The number of hydrogen-bond acceptors (Lipinski definition) is 0. The molecule has 0 aromatic carbocycles. The SMILES string of the molecule is CCC1=CC=C[C]1C.[Ti]. The van der Waals surface area contributed by atoms with E-state index < -0.39 is 0 Å². The molecule has 1 aliphatic carbocycles. The fraction of sp³-hybridized carbons (Fsp3) is 0.375. The summed E-state index contributed by atoms with van der Waals surface area (Å²) in [5.41, 5.74) is 1.48. The topological polar surface area (TPSA) is 0 Å². The molecule has 1 heteroatoms. The summed E-state index contributed by atoms with van der Waals surface area (Å²) in [6.45, 7) is 4.33. The second kappa shape index (κ2) is 4.08. The normalized spacial score (nSPS) is 17.3. The van der Waals surface area contributed by atoms with E-state index in [1.807, 2.05) is 0 Å². The van der Waals surface area contributed by atoms with E-state index in [0.717, 1.165) is 0 Å². The molecule has 9 heavy (non-hydrogen) atoms. The van der Waals surface area contributed by atoms with Gasteiger partial charge in [-0.25, -0.2) is 0 Å². The van der Waals surface area contributed by atoms with Crippen LogP contribution in [0.3, 0.4) is 0 Å². The predicted molar refractivity (Wildman–Crippen MR) is 36.4 cm³/mol. The third-order valence-corrected chi connectivity index (χ3v) is 1.53. The Bertz CT molecular complexity index is 134. The Balaban J connectivity index is 0.000000640. The van der Waals surface area contributed by atoms with Gasteiger partial charge in [-0.15, -0.1) is 0 Å². The van der Waals surface area contributed by atoms with Crippen LogP contribution in [0.1, 0.15) is 20.3 Å². The van der Waals surface area contributed by atoms with Crippen LogP contribution in [-0.2, 0) is 21.7 Å². The van der Waals surface area contributed by atoms with Gasteiger partial charge in [0.25, 0.3) is 0 Å². The van der Waals surface area contributed by atoms with Gasteiger partial charge in [0, 0.05) is 27.6 Å². The second-order valence-electron chi connectivity index (χ2n) is 2.09. The maximum atomic E-state index is 2.18. The molecule has 1 rings (SSSR count). The Kier molecular flexibility index (Phi) is 4.17. The van der Waals surface area contributed by atoms with Gasteiger partial charge in [-0.05, 0) is 6.42 Å². The molecular formula is C8H11Ti. The van der Waals surface area contributed by atoms with Gasteiger partial charge in [0.15, 0.2) is 0 Å². The zero-order chi connectivity index (χ0) is 5.98. The third kappa shape index (κ3) is 2.11. The summed E-state index contributed by atoms with van der Waals surface area (Å²) < 4.78 is 0. The number of allylic oxidation sites excluding steroid dienone is 4. The molecule has 0 spiro atoms. The standard InChI is InChI=1S/C8H11.Ti/c1-3-8-6-4-5-7(8)2;/h4-6H,3H2,1-2H3;. The average molecular weight is 155 g/mol. The fourth-order valence-corrected chi connectivity index (χ4v) is 0.944. The van der Waals surface area contributed by atoms with Gasteiger partial charge in [0.1, 0.15) is 0 Å². The van der Waals surface area contributed by atoms with Crippen molar-refractivity contribution in [3.8, 4) is 0 Å². The third-order valence-electron chi connectivity index (χ3n) is 1.53. The number of rotatable bonds is 1. The van der Waals surface area contributed by atoms with Gasteiger partial charge < -0.3 is 0 Å². The van der Waals surface area contributed by atoms with Gasteiger partial charge in [0.05, 0.1) is 0 Å². The first kappa shape index (κ1) is 9.19. The number of hydrogen-bond donors (Lipinski definition) is 0. The maximum Gasteiger partial charge on any atom is 0.0194 e. The molecule has 0 saturated heterocycles. The van der Waals surface area contributed by atoms with Crippen LogP contribution in [0.5, 0.6) is 0 Å². The molecule has 0 fully saturated rings. The Morgan fingerprint density at radius 2 is 2.11 bits per heavy atom. The van der Waals surface area contributed by atoms with Crippen LogP contribution in [0.15, 0.2) is 23.8 Å². The Hall–Kier alpha value is 0.194. The van der Waals surface area contributed by atoms with E-state index in [0.29, 0.717) is 0 Å². The van der Waals surface area contributed by atoms with E-state index in [4.69, 9.17) is 0 Å². The first-order valence-corrected chi connectivity index (χ1v) is 3.05. The summed E-state index contributed by atoms with van der Waals surface area (Å²) >= 11 is 0. The van der Waals surface area contributed by atoms with Gasteiger partial charge in [-0.1, -0.05) is 37.6 Å². The maximum absolute atomic E-state index is 2.18. The molecule has 0 amide bonds. The molecule has 0 aromatic rings. The molecular weight excluding hydrogens is 144 g/mol. The Morgan fingerprint density at radius 1 is 1.44 bits per heavy atom. The molecule has 0 bridgehead atoms. The molecule has 0 aromatic heterocycles. The van der Waals surface area contributed by atoms with Crippen molar-refractivity contribution < 1.29 is 21.7 Å². The molecule has 0 saturated carbocycles. The molecule has 0 nitrogen and oxygen atoms in total. The van der Waals surface area contributed by atoms with Gasteiger partial charge in [0.2, 0.25) is 0 Å². The molecule has 0 N–H and O–H groups in total. The Labute approximate surface area is 71.9 Å². The van der Waals surface area contributed by atoms with Crippen LogP contribution in [0, 0.1) is 5.92 Å². The Morgan fingerprint density at radius 3 is 2.33 bits per heavy atom. The molecule has 0 aliphatic heterocycles. The second-order valence-corrected chi connectivity index (χ2v) is 2.09. The van der Waals surface area contributed by atoms with E-state index >= 15 is 0 Å². The summed E-state index contributed by atoms with van der Waals surface area (Å²) in [5.74, 6) is 1.42. The van der Waals surface area contributed by atoms with Crippen LogP contribution in [0.2, 0.25) is 0 Å². The minimum absolute atomic E-state index is 0. The van der Waals surface area contributed by atoms with E-state index in [1.54, 1.807) is 0 Å². The van der Waals surface area contributed by atoms with Crippen LogP contribution >= 0.6 is 0 Å². The predicted octanol–water partition coefficient (Wildman–Crippen LogP) is 2.48. The van der Waals surface area contributed by atoms with Crippen molar-refractivity contribution in [3.05, 3.63) is 29.7 Å². The van der Waals surface area contributed by atoms with E-state index in [1.165, 1.54) is 17.9 Å². The van der Waals surface area contributed by atoms with Crippen LogP contribution in [-0.4, -0.2) is 0 Å². The van der Waals surface area contributed by atoms with Crippen molar-refractivity contribution in [2.75, 3.05) is 0 Å². The zero-order valence-electron chi connectivity index (χ0n) is 5.94. The summed E-state index contributed by atoms with van der Waals surface area (Å²) in [7, 11) is 0. The van der Waals surface area contributed by atoms with Crippen molar-refractivity contribution in [1.29, 1.82) is 0 Å². The summed E-state index contributed by atoms with van der Waals surface area (Å²) in [6.07, 6.45) is 7.60. The van der Waals surface area contributed by atoms with E-state index in [-0.39, 0.29) is 21.7 Å². The van der Waals surface area contributed by atoms with Crippen molar-refractivity contribution in [2.45, 2.75) is 20.3 Å². The van der Waals surface area contributed by atoms with Crippen molar-refractivity contribution >= 4 is 0 Å². The van der Waals surface area contributed by atoms with Crippen molar-refractivity contribution in [2.24, 2.45) is 0 Å². The summed E-state index contributed by atoms with van der Waals surface area (Å²) in [6, 6.07) is 0. The minimum Gasteiger partial charge on any atom is -0.0734 e. The van der Waals surface area contributed by atoms with Crippen LogP contribution < -0.4 is 0 Å². The molecule has 0 unspecified atom stereocenters. The quantitative estimate of drug-likeness (QED) is 0.510. The van der Waals surface area contributed by atoms with E-state index in [9.17, 15) is 0 Å². The van der Waals surface area contributed by atoms with E-state index in [2.05, 4.69) is 32.1 Å². The van der Waals surface area contributed by atoms with Crippen LogP contribution in [0.25, 0.3) is 0 Å². The van der Waals surface area contributed by atoms with Crippen LogP contribution in [0.4, 0.5) is 0 Å². The molecule has 1 radical (unpaired) electrons. The summed E-state index contributed by atoms with van der Waals surface area (Å²) in [5, 5.41) is 0. The van der Waals surface area contributed by atoms with Crippen molar-refractivity contribution in [3.63, 3.8) is 0 Å². The first-order valence-electron chi connectivity index (χ1n) is 3.05. The van der Waals surface area contributed by atoms with Gasteiger partial charge >= 0.3 is 0 Å². The first-order chi connectivity index (χ1) is 3.84. The minimum atomic E-state index is 0. The molecule has 0 heterocycles. The van der Waals surface area contributed by atoms with Crippen molar-refractivity contribution in [1.82, 2.24) is 0 Å². The molecule has 47 valence electrons. The largest absolute Gasteiger partial charge is 0.0734 e. The zero-order valence-corrected chi connectivity index (χ0v) is 7.50.